The van der Waals surface area contributed by atoms with Crippen molar-refractivity contribution in [1.29, 1.82) is 0 Å². The third kappa shape index (κ3) is 3.96. The van der Waals surface area contributed by atoms with Gasteiger partial charge in [0.2, 0.25) is 0 Å². The van der Waals surface area contributed by atoms with Crippen LogP contribution < -0.4 is 5.32 Å². The highest BCUT2D eigenvalue weighted by Gasteiger charge is 2.26. The number of hydrogen-bond acceptors (Lipinski definition) is 4. The topological polar surface area (TPSA) is 37.8 Å². The van der Waals surface area contributed by atoms with Gasteiger partial charge in [-0.3, -0.25) is 0 Å². The molecule has 110 valence electrons. The highest BCUT2D eigenvalue weighted by Crippen LogP contribution is 2.31. The molecule has 2 rings (SSSR count). The molecule has 0 radical (unpaired) electrons. The molecule has 0 aliphatic rings. The number of nitrogens with one attached hydrogen (secondary N) is 1. The summed E-state index contributed by atoms with van der Waals surface area (Å²) in [6.07, 6.45) is -4.38. The molecule has 0 saturated carbocycles. The number of aromatic nitrogens is 2. The summed E-state index contributed by atoms with van der Waals surface area (Å²) in [6.45, 7) is 1.82. The van der Waals surface area contributed by atoms with Crippen molar-refractivity contribution in [3.05, 3.63) is 17.2 Å². The quantitative estimate of drug-likeness (QED) is 0.852. The van der Waals surface area contributed by atoms with Gasteiger partial charge in [0, 0.05) is 12.5 Å². The lowest BCUT2D eigenvalue weighted by atomic mass is 10.1. The third-order valence-electron chi connectivity index (χ3n) is 2.87. The van der Waals surface area contributed by atoms with E-state index in [1.807, 2.05) is 6.92 Å². The van der Waals surface area contributed by atoms with Crippen molar-refractivity contribution in [3.8, 4) is 0 Å². The normalized spacial score (nSPS) is 13.7. The van der Waals surface area contributed by atoms with E-state index in [1.54, 1.807) is 12.1 Å². The van der Waals surface area contributed by atoms with Crippen LogP contribution in [-0.2, 0) is 0 Å². The highest BCUT2D eigenvalue weighted by atomic mass is 35.5. The first-order valence-electron chi connectivity index (χ1n) is 6.11. The maximum atomic E-state index is 12.1. The Hall–Kier alpha value is -1.08. The summed E-state index contributed by atoms with van der Waals surface area (Å²) in [7, 11) is 0. The van der Waals surface area contributed by atoms with Gasteiger partial charge in [-0.25, -0.2) is 0 Å². The number of anilines is 1. The molecule has 1 aromatic heterocycles. The lowest BCUT2D eigenvalue weighted by molar-refractivity contribution is -0.135. The number of hydrogen-bond donors (Lipinski definition) is 1. The Morgan fingerprint density at radius 2 is 2.10 bits per heavy atom. The molecule has 1 aromatic carbocycles. The Kier molecular flexibility index (Phi) is 4.70. The zero-order valence-corrected chi connectivity index (χ0v) is 12.2. The predicted molar refractivity (Wildman–Crippen MR) is 75.4 cm³/mol. The molecule has 0 aliphatic carbocycles. The Bertz CT molecular complexity index is 585. The minimum atomic E-state index is -4.10. The molecular weight excluding hydrogens is 311 g/mol. The number of halogens is 4. The molecule has 0 saturated heterocycles. The van der Waals surface area contributed by atoms with Crippen LogP contribution in [0.25, 0.3) is 11.0 Å². The molecule has 20 heavy (non-hydrogen) atoms. The average molecular weight is 324 g/mol. The first kappa shape index (κ1) is 15.3. The summed E-state index contributed by atoms with van der Waals surface area (Å²) in [4.78, 5) is 0. The van der Waals surface area contributed by atoms with E-state index in [4.69, 9.17) is 11.6 Å². The van der Waals surface area contributed by atoms with Crippen molar-refractivity contribution >= 4 is 40.0 Å². The molecule has 0 aliphatic heterocycles. The molecule has 2 aromatic rings. The number of alkyl halides is 3. The van der Waals surface area contributed by atoms with E-state index >= 15 is 0 Å². The molecule has 1 N–H and O–H groups in total. The van der Waals surface area contributed by atoms with Crippen LogP contribution in [0.15, 0.2) is 12.1 Å². The summed E-state index contributed by atoms with van der Waals surface area (Å²) in [5.41, 5.74) is 2.02. The highest BCUT2D eigenvalue weighted by molar-refractivity contribution is 7.00. The second-order valence-corrected chi connectivity index (χ2v) is 5.54. The smallest absolute Gasteiger partial charge is 0.380 e. The van der Waals surface area contributed by atoms with Crippen LogP contribution in [0.5, 0.6) is 0 Å². The molecule has 0 bridgehead atoms. The Labute approximate surface area is 123 Å². The number of fused-ring (bicyclic) bond motifs is 1. The van der Waals surface area contributed by atoms with Gasteiger partial charge in [0.25, 0.3) is 0 Å². The predicted octanol–water partition coefficient (Wildman–Crippen LogP) is 4.88. The van der Waals surface area contributed by atoms with Crippen molar-refractivity contribution < 1.29 is 13.2 Å². The summed E-state index contributed by atoms with van der Waals surface area (Å²) in [5, 5.41) is 3.62. The summed E-state index contributed by atoms with van der Waals surface area (Å²) >= 11 is 7.18. The molecule has 3 nitrogen and oxygen atoms in total. The van der Waals surface area contributed by atoms with Crippen molar-refractivity contribution in [1.82, 2.24) is 8.75 Å². The zero-order chi connectivity index (χ0) is 14.8. The maximum absolute atomic E-state index is 12.1. The van der Waals surface area contributed by atoms with E-state index in [-0.39, 0.29) is 12.5 Å². The van der Waals surface area contributed by atoms with Crippen LogP contribution in [-0.4, -0.2) is 21.0 Å². The molecule has 1 atom stereocenters. The molecule has 8 heteroatoms. The molecule has 1 heterocycles. The number of rotatable bonds is 5. The van der Waals surface area contributed by atoms with Gasteiger partial charge in [-0.2, -0.15) is 21.9 Å². The van der Waals surface area contributed by atoms with Crippen LogP contribution in [0.3, 0.4) is 0 Å². The molecular formula is C12H13ClF3N3S. The van der Waals surface area contributed by atoms with E-state index < -0.39 is 12.6 Å². The van der Waals surface area contributed by atoms with Crippen LogP contribution in [0, 0.1) is 0 Å². The summed E-state index contributed by atoms with van der Waals surface area (Å²) in [5.74, 6) is 0. The van der Waals surface area contributed by atoms with E-state index in [0.717, 1.165) is 17.2 Å². The van der Waals surface area contributed by atoms with E-state index in [9.17, 15) is 13.2 Å². The summed E-state index contributed by atoms with van der Waals surface area (Å²) < 4.78 is 44.6. The van der Waals surface area contributed by atoms with Gasteiger partial charge in [-0.05, 0) is 31.9 Å². The minimum absolute atomic E-state index is 0.0839. The largest absolute Gasteiger partial charge is 0.389 e. The second-order valence-electron chi connectivity index (χ2n) is 4.61. The Morgan fingerprint density at radius 1 is 1.35 bits per heavy atom. The van der Waals surface area contributed by atoms with Gasteiger partial charge in [0.05, 0.1) is 22.4 Å². The number of nitrogens with zero attached hydrogens (tertiary/aromatic N) is 2. The first-order chi connectivity index (χ1) is 9.37. The van der Waals surface area contributed by atoms with Gasteiger partial charge in [-0.15, -0.1) is 0 Å². The summed E-state index contributed by atoms with van der Waals surface area (Å²) in [6, 6.07) is 3.35. The SMILES string of the molecule is CC(CCCC(F)(F)F)Nc1c(Cl)ccc2nsnc12. The molecule has 0 spiro atoms. The standard InChI is InChI=1S/C12H13ClF3N3S/c1-7(3-2-6-12(14,15)16)17-10-8(13)4-5-9-11(10)19-20-18-9/h4-5,7,17H,2-3,6H2,1H3. The van der Waals surface area contributed by atoms with Crippen molar-refractivity contribution in [2.24, 2.45) is 0 Å². The van der Waals surface area contributed by atoms with Crippen LogP contribution >= 0.6 is 23.3 Å². The zero-order valence-electron chi connectivity index (χ0n) is 10.7. The van der Waals surface area contributed by atoms with Crippen molar-refractivity contribution in [2.75, 3.05) is 5.32 Å². The average Bonchev–Trinajstić information content (AvgIpc) is 2.79. The molecule has 1 unspecified atom stereocenters. The Morgan fingerprint density at radius 3 is 2.80 bits per heavy atom. The van der Waals surface area contributed by atoms with Crippen molar-refractivity contribution in [3.63, 3.8) is 0 Å². The Balaban J connectivity index is 2.01. The van der Waals surface area contributed by atoms with Gasteiger partial charge in [0.1, 0.15) is 11.0 Å². The van der Waals surface area contributed by atoms with E-state index in [2.05, 4.69) is 14.1 Å². The fourth-order valence-electron chi connectivity index (χ4n) is 1.89. The fourth-order valence-corrected chi connectivity index (χ4v) is 2.64. The molecule has 0 fully saturated rings. The van der Waals surface area contributed by atoms with Gasteiger partial charge in [-0.1, -0.05) is 11.6 Å². The monoisotopic (exact) mass is 323 g/mol. The lowest BCUT2D eigenvalue weighted by Gasteiger charge is -2.17. The lowest BCUT2D eigenvalue weighted by Crippen LogP contribution is -2.17. The fraction of sp³-hybridized carbons (Fsp3) is 0.500. The second kappa shape index (κ2) is 6.13. The van der Waals surface area contributed by atoms with E-state index in [1.165, 1.54) is 0 Å². The first-order valence-corrected chi connectivity index (χ1v) is 7.22. The number of benzene rings is 1. The van der Waals surface area contributed by atoms with Gasteiger partial charge < -0.3 is 5.32 Å². The van der Waals surface area contributed by atoms with Gasteiger partial charge in [0.15, 0.2) is 0 Å². The van der Waals surface area contributed by atoms with Crippen LogP contribution in [0.2, 0.25) is 5.02 Å². The minimum Gasteiger partial charge on any atom is -0.380 e. The molecule has 0 amide bonds. The third-order valence-corrected chi connectivity index (χ3v) is 3.72. The van der Waals surface area contributed by atoms with Crippen LogP contribution in [0.4, 0.5) is 18.9 Å². The van der Waals surface area contributed by atoms with Crippen LogP contribution in [0.1, 0.15) is 26.2 Å². The van der Waals surface area contributed by atoms with Gasteiger partial charge >= 0.3 is 6.18 Å². The van der Waals surface area contributed by atoms with Crippen molar-refractivity contribution in [2.45, 2.75) is 38.4 Å². The van der Waals surface area contributed by atoms with E-state index in [0.29, 0.717) is 22.6 Å². The maximum Gasteiger partial charge on any atom is 0.389 e.